The topological polar surface area (TPSA) is 42.0 Å². The van der Waals surface area contributed by atoms with E-state index in [2.05, 4.69) is 10.3 Å². The Labute approximate surface area is 69.6 Å². The molecule has 0 unspecified atom stereocenters. The van der Waals surface area contributed by atoms with Crippen molar-refractivity contribution in [3.8, 4) is 0 Å². The number of hydrogen-bond donors (Lipinski definition) is 1. The van der Waals surface area contributed by atoms with E-state index >= 15 is 0 Å². The van der Waals surface area contributed by atoms with Gasteiger partial charge in [0.2, 0.25) is 5.95 Å². The van der Waals surface area contributed by atoms with E-state index < -0.39 is 11.9 Å². The molecule has 0 aliphatic heterocycles. The maximum absolute atomic E-state index is 12.8. The molecular formula is C8H9FN2O. The van der Waals surface area contributed by atoms with Gasteiger partial charge in [-0.15, -0.1) is 0 Å². The van der Waals surface area contributed by atoms with Crippen molar-refractivity contribution in [3.63, 3.8) is 0 Å². The number of rotatable bonds is 1. The van der Waals surface area contributed by atoms with Gasteiger partial charge in [-0.25, -0.2) is 4.98 Å². The lowest BCUT2D eigenvalue weighted by molar-refractivity contribution is 0.0958. The highest BCUT2D eigenvalue weighted by Crippen LogP contribution is 2.05. The van der Waals surface area contributed by atoms with E-state index in [0.29, 0.717) is 0 Å². The van der Waals surface area contributed by atoms with Crippen molar-refractivity contribution in [2.24, 2.45) is 0 Å². The van der Waals surface area contributed by atoms with E-state index in [-0.39, 0.29) is 5.56 Å². The molecule has 1 aromatic heterocycles. The molecule has 1 heterocycles. The minimum absolute atomic E-state index is 0.0162. The first kappa shape index (κ1) is 8.64. The zero-order chi connectivity index (χ0) is 9.14. The van der Waals surface area contributed by atoms with Gasteiger partial charge < -0.3 is 5.32 Å². The maximum atomic E-state index is 12.8. The second kappa shape index (κ2) is 3.30. The van der Waals surface area contributed by atoms with Gasteiger partial charge in [0, 0.05) is 13.2 Å². The van der Waals surface area contributed by atoms with Crippen LogP contribution >= 0.6 is 0 Å². The van der Waals surface area contributed by atoms with Gasteiger partial charge in [0.15, 0.2) is 0 Å². The third-order valence-electron chi connectivity index (χ3n) is 1.45. The summed E-state index contributed by atoms with van der Waals surface area (Å²) < 4.78 is 12.8. The van der Waals surface area contributed by atoms with E-state index in [1.54, 1.807) is 6.92 Å². The first-order chi connectivity index (χ1) is 5.65. The molecule has 1 N–H and O–H groups in total. The Bertz CT molecular complexity index is 312. The molecule has 0 saturated carbocycles. The standard InChI is InChI=1S/C8H9FN2O/c1-5-3-6(8(12)10-2)7(9)11-4-5/h3-4H,1-2H3,(H,10,12). The fourth-order valence-corrected chi connectivity index (χ4v) is 0.846. The van der Waals surface area contributed by atoms with Gasteiger partial charge in [0.1, 0.15) is 0 Å². The molecule has 0 aliphatic carbocycles. The second-order valence-corrected chi connectivity index (χ2v) is 2.43. The van der Waals surface area contributed by atoms with Crippen molar-refractivity contribution in [2.75, 3.05) is 7.05 Å². The van der Waals surface area contributed by atoms with E-state index in [1.165, 1.54) is 19.3 Å². The minimum atomic E-state index is -0.736. The van der Waals surface area contributed by atoms with Crippen LogP contribution in [0.5, 0.6) is 0 Å². The fraction of sp³-hybridized carbons (Fsp3) is 0.250. The second-order valence-electron chi connectivity index (χ2n) is 2.43. The Balaban J connectivity index is 3.13. The van der Waals surface area contributed by atoms with Crippen molar-refractivity contribution in [3.05, 3.63) is 29.3 Å². The largest absolute Gasteiger partial charge is 0.355 e. The molecule has 1 rings (SSSR count). The van der Waals surface area contributed by atoms with Crippen LogP contribution in [0.25, 0.3) is 0 Å². The highest BCUT2D eigenvalue weighted by molar-refractivity contribution is 5.94. The van der Waals surface area contributed by atoms with Gasteiger partial charge in [-0.1, -0.05) is 0 Å². The van der Waals surface area contributed by atoms with Gasteiger partial charge in [-0.2, -0.15) is 4.39 Å². The normalized spacial score (nSPS) is 9.58. The highest BCUT2D eigenvalue weighted by Gasteiger charge is 2.10. The summed E-state index contributed by atoms with van der Waals surface area (Å²) in [5.41, 5.74) is 0.743. The van der Waals surface area contributed by atoms with E-state index in [4.69, 9.17) is 0 Å². The number of aromatic nitrogens is 1. The quantitative estimate of drug-likeness (QED) is 0.633. The predicted octanol–water partition coefficient (Wildman–Crippen LogP) is 0.889. The van der Waals surface area contributed by atoms with Crippen LogP contribution in [0.15, 0.2) is 12.3 Å². The van der Waals surface area contributed by atoms with E-state index in [1.807, 2.05) is 0 Å². The number of carbonyl (C=O) groups is 1. The summed E-state index contributed by atoms with van der Waals surface area (Å²) >= 11 is 0. The smallest absolute Gasteiger partial charge is 0.255 e. The molecule has 4 heteroatoms. The molecule has 0 radical (unpaired) electrons. The number of aryl methyl sites for hydroxylation is 1. The summed E-state index contributed by atoms with van der Waals surface area (Å²) in [7, 11) is 1.45. The van der Waals surface area contributed by atoms with Gasteiger partial charge in [0.25, 0.3) is 5.91 Å². The molecule has 0 fully saturated rings. The molecule has 0 aromatic carbocycles. The summed E-state index contributed by atoms with van der Waals surface area (Å²) in [6, 6.07) is 1.46. The maximum Gasteiger partial charge on any atom is 0.255 e. The van der Waals surface area contributed by atoms with Crippen molar-refractivity contribution in [1.82, 2.24) is 10.3 Å². The highest BCUT2D eigenvalue weighted by atomic mass is 19.1. The SMILES string of the molecule is CNC(=O)c1cc(C)cnc1F. The molecule has 0 aliphatic rings. The number of carbonyl (C=O) groups excluding carboxylic acids is 1. The van der Waals surface area contributed by atoms with Crippen molar-refractivity contribution < 1.29 is 9.18 Å². The molecule has 64 valence electrons. The number of hydrogen-bond acceptors (Lipinski definition) is 2. The summed E-state index contributed by atoms with van der Waals surface area (Å²) in [6.07, 6.45) is 1.38. The lowest BCUT2D eigenvalue weighted by Crippen LogP contribution is -2.19. The summed E-state index contributed by atoms with van der Waals surface area (Å²) in [4.78, 5) is 14.4. The zero-order valence-electron chi connectivity index (χ0n) is 6.89. The van der Waals surface area contributed by atoms with Gasteiger partial charge in [-0.05, 0) is 18.6 Å². The van der Waals surface area contributed by atoms with Crippen molar-refractivity contribution in [1.29, 1.82) is 0 Å². The van der Waals surface area contributed by atoms with Crippen LogP contribution in [0.2, 0.25) is 0 Å². The third-order valence-corrected chi connectivity index (χ3v) is 1.45. The first-order valence-corrected chi connectivity index (χ1v) is 3.49. The predicted molar refractivity (Wildman–Crippen MR) is 42.3 cm³/mol. The number of halogens is 1. The molecule has 1 amide bonds. The lowest BCUT2D eigenvalue weighted by Gasteiger charge is -2.00. The Kier molecular flexibility index (Phi) is 2.38. The lowest BCUT2D eigenvalue weighted by atomic mass is 10.2. The van der Waals surface area contributed by atoms with Crippen LogP contribution in [0.1, 0.15) is 15.9 Å². The van der Waals surface area contributed by atoms with Crippen molar-refractivity contribution >= 4 is 5.91 Å². The van der Waals surface area contributed by atoms with Gasteiger partial charge >= 0.3 is 0 Å². The van der Waals surface area contributed by atoms with Gasteiger partial charge in [0.05, 0.1) is 5.56 Å². The molecule has 3 nitrogen and oxygen atoms in total. The molecule has 12 heavy (non-hydrogen) atoms. The Morgan fingerprint density at radius 1 is 1.67 bits per heavy atom. The zero-order valence-corrected chi connectivity index (χ0v) is 6.89. The number of amides is 1. The molecule has 1 aromatic rings. The fourth-order valence-electron chi connectivity index (χ4n) is 0.846. The Hall–Kier alpha value is -1.45. The Morgan fingerprint density at radius 2 is 2.33 bits per heavy atom. The van der Waals surface area contributed by atoms with Crippen LogP contribution < -0.4 is 5.32 Å². The van der Waals surface area contributed by atoms with Crippen LogP contribution in [-0.4, -0.2) is 17.9 Å². The number of nitrogens with one attached hydrogen (secondary N) is 1. The molecular weight excluding hydrogens is 159 g/mol. The van der Waals surface area contributed by atoms with Crippen LogP contribution in [0.3, 0.4) is 0 Å². The van der Waals surface area contributed by atoms with E-state index in [0.717, 1.165) is 5.56 Å². The van der Waals surface area contributed by atoms with Crippen LogP contribution in [-0.2, 0) is 0 Å². The summed E-state index contributed by atoms with van der Waals surface area (Å²) in [5.74, 6) is -1.19. The number of pyridine rings is 1. The molecule has 0 bridgehead atoms. The average Bonchev–Trinajstić information content (AvgIpc) is 2.08. The number of nitrogens with zero attached hydrogens (tertiary/aromatic N) is 1. The summed E-state index contributed by atoms with van der Waals surface area (Å²) in [5, 5.41) is 2.33. The van der Waals surface area contributed by atoms with Crippen molar-refractivity contribution in [2.45, 2.75) is 6.92 Å². The molecule has 0 spiro atoms. The first-order valence-electron chi connectivity index (χ1n) is 3.49. The van der Waals surface area contributed by atoms with Gasteiger partial charge in [-0.3, -0.25) is 4.79 Å². The minimum Gasteiger partial charge on any atom is -0.355 e. The molecule has 0 atom stereocenters. The Morgan fingerprint density at radius 3 is 2.92 bits per heavy atom. The summed E-state index contributed by atoms with van der Waals surface area (Å²) in [6.45, 7) is 1.75. The van der Waals surface area contributed by atoms with E-state index in [9.17, 15) is 9.18 Å². The molecule has 0 saturated heterocycles. The monoisotopic (exact) mass is 168 g/mol. The third kappa shape index (κ3) is 1.58. The van der Waals surface area contributed by atoms with Crippen LogP contribution in [0, 0.1) is 12.9 Å². The average molecular weight is 168 g/mol. The van der Waals surface area contributed by atoms with Crippen LogP contribution in [0.4, 0.5) is 4.39 Å².